The maximum absolute atomic E-state index is 12.4. The first-order valence-electron chi connectivity index (χ1n) is 8.02. The van der Waals surface area contributed by atoms with Crippen molar-refractivity contribution < 1.29 is 14.3 Å². The Morgan fingerprint density at radius 3 is 2.89 bits per heavy atom. The van der Waals surface area contributed by atoms with Crippen LogP contribution in [-0.4, -0.2) is 16.0 Å². The fourth-order valence-electron chi connectivity index (χ4n) is 2.85. The van der Waals surface area contributed by atoms with Gasteiger partial charge in [-0.05, 0) is 30.7 Å². The van der Waals surface area contributed by atoms with E-state index >= 15 is 0 Å². The molecule has 27 heavy (non-hydrogen) atoms. The number of carbonyl (C=O) groups is 1. The van der Waals surface area contributed by atoms with Gasteiger partial charge in [-0.25, -0.2) is 9.78 Å². The van der Waals surface area contributed by atoms with E-state index in [1.807, 2.05) is 24.3 Å². The van der Waals surface area contributed by atoms with Gasteiger partial charge in [0.05, 0.1) is 27.2 Å². The summed E-state index contributed by atoms with van der Waals surface area (Å²) in [6.07, 6.45) is -0.154. The molecule has 0 atom stereocenters. The molecule has 8 heteroatoms. The highest BCUT2D eigenvalue weighted by Crippen LogP contribution is 2.31. The number of aromatic hydroxyl groups is 1. The quantitative estimate of drug-likeness (QED) is 0.501. The first-order valence-corrected chi connectivity index (χ1v) is 9.22. The largest absolute Gasteiger partial charge is 0.506 e. The Kier molecular flexibility index (Phi) is 4.33. The Bertz CT molecular complexity index is 1230. The van der Waals surface area contributed by atoms with E-state index < -0.39 is 5.63 Å². The van der Waals surface area contributed by atoms with Gasteiger partial charge < -0.3 is 14.8 Å². The van der Waals surface area contributed by atoms with E-state index in [-0.39, 0.29) is 34.2 Å². The Labute approximate surface area is 162 Å². The fourth-order valence-corrected chi connectivity index (χ4v) is 3.90. The summed E-state index contributed by atoms with van der Waals surface area (Å²) in [6, 6.07) is 10.4. The number of thiazole rings is 1. The average Bonchev–Trinajstić information content (AvgIpc) is 3.03. The number of anilines is 1. The molecule has 0 spiro atoms. The molecule has 0 aliphatic carbocycles. The molecular weight excluding hydrogens is 388 g/mol. The van der Waals surface area contributed by atoms with Gasteiger partial charge in [-0.3, -0.25) is 4.79 Å². The van der Waals surface area contributed by atoms with Crippen LogP contribution in [-0.2, 0) is 11.2 Å². The van der Waals surface area contributed by atoms with E-state index in [1.54, 1.807) is 6.92 Å². The van der Waals surface area contributed by atoms with Crippen LogP contribution in [0, 0.1) is 6.92 Å². The molecule has 6 nitrogen and oxygen atoms in total. The summed E-state index contributed by atoms with van der Waals surface area (Å²) in [5.74, 6) is -0.540. The van der Waals surface area contributed by atoms with Gasteiger partial charge in [0.15, 0.2) is 5.13 Å². The minimum atomic E-state index is -0.624. The summed E-state index contributed by atoms with van der Waals surface area (Å²) in [4.78, 5) is 29.1. The lowest BCUT2D eigenvalue weighted by Gasteiger charge is -2.08. The summed E-state index contributed by atoms with van der Waals surface area (Å²) in [6.45, 7) is 1.72. The molecule has 2 heterocycles. The normalized spacial score (nSPS) is 11.2. The van der Waals surface area contributed by atoms with Crippen LogP contribution in [0.15, 0.2) is 45.6 Å². The number of amides is 1. The molecule has 2 N–H and O–H groups in total. The summed E-state index contributed by atoms with van der Waals surface area (Å²) in [7, 11) is 0. The molecule has 0 saturated carbocycles. The monoisotopic (exact) mass is 400 g/mol. The number of carbonyl (C=O) groups excluding carboxylic acids is 1. The van der Waals surface area contributed by atoms with E-state index in [9.17, 15) is 14.7 Å². The van der Waals surface area contributed by atoms with Crippen LogP contribution < -0.4 is 10.9 Å². The van der Waals surface area contributed by atoms with E-state index in [4.69, 9.17) is 16.0 Å². The molecule has 0 aliphatic rings. The minimum absolute atomic E-state index is 0.143. The van der Waals surface area contributed by atoms with Crippen LogP contribution >= 0.6 is 22.9 Å². The van der Waals surface area contributed by atoms with Gasteiger partial charge in [0.2, 0.25) is 5.91 Å². The van der Waals surface area contributed by atoms with Crippen LogP contribution in [0.1, 0.15) is 11.1 Å². The van der Waals surface area contributed by atoms with Crippen molar-refractivity contribution in [2.75, 3.05) is 5.32 Å². The van der Waals surface area contributed by atoms with Gasteiger partial charge in [0.1, 0.15) is 11.3 Å². The molecular formula is C19H13ClN2O4S. The second kappa shape index (κ2) is 6.68. The molecule has 0 saturated heterocycles. The van der Waals surface area contributed by atoms with Gasteiger partial charge in [0.25, 0.3) is 0 Å². The van der Waals surface area contributed by atoms with E-state index in [0.717, 1.165) is 10.2 Å². The highest BCUT2D eigenvalue weighted by atomic mass is 35.5. The number of phenols is 1. The Morgan fingerprint density at radius 1 is 1.33 bits per heavy atom. The second-order valence-corrected chi connectivity index (χ2v) is 7.44. The van der Waals surface area contributed by atoms with Crippen molar-refractivity contribution in [1.29, 1.82) is 0 Å². The number of rotatable bonds is 3. The molecule has 0 bridgehead atoms. The van der Waals surface area contributed by atoms with E-state index in [0.29, 0.717) is 16.1 Å². The smallest absolute Gasteiger partial charge is 0.340 e. The van der Waals surface area contributed by atoms with Crippen molar-refractivity contribution in [2.45, 2.75) is 13.3 Å². The Balaban J connectivity index is 1.65. The SMILES string of the molecule is Cc1c(CC(=O)Nc2nc3ccccc3s2)c(=O)oc2cc(O)c(Cl)cc12. The van der Waals surface area contributed by atoms with Crippen LogP contribution in [0.4, 0.5) is 5.13 Å². The Hall–Kier alpha value is -2.90. The van der Waals surface area contributed by atoms with Crippen molar-refractivity contribution in [3.8, 4) is 5.75 Å². The number of benzene rings is 2. The van der Waals surface area contributed by atoms with Crippen molar-refractivity contribution in [3.05, 3.63) is 63.0 Å². The maximum Gasteiger partial charge on any atom is 0.340 e. The topological polar surface area (TPSA) is 92.4 Å². The number of phenolic OH excluding ortho intramolecular Hbond substituents is 1. The predicted molar refractivity (Wildman–Crippen MR) is 106 cm³/mol. The number of aromatic nitrogens is 1. The zero-order valence-corrected chi connectivity index (χ0v) is 15.6. The number of para-hydroxylation sites is 1. The molecule has 2 aromatic carbocycles. The first kappa shape index (κ1) is 17.5. The summed E-state index contributed by atoms with van der Waals surface area (Å²) < 4.78 is 6.20. The number of hydrogen-bond donors (Lipinski definition) is 2. The third-order valence-corrected chi connectivity index (χ3v) is 5.49. The number of nitrogens with zero attached hydrogens (tertiary/aromatic N) is 1. The van der Waals surface area contributed by atoms with Gasteiger partial charge in [-0.1, -0.05) is 35.1 Å². The minimum Gasteiger partial charge on any atom is -0.506 e. The Morgan fingerprint density at radius 2 is 2.11 bits per heavy atom. The van der Waals surface area contributed by atoms with Gasteiger partial charge >= 0.3 is 5.63 Å². The number of hydrogen-bond acceptors (Lipinski definition) is 6. The van der Waals surface area contributed by atoms with Crippen LogP contribution in [0.3, 0.4) is 0 Å². The van der Waals surface area contributed by atoms with E-state index in [1.165, 1.54) is 23.5 Å². The zero-order chi connectivity index (χ0) is 19.1. The van der Waals surface area contributed by atoms with Gasteiger partial charge in [-0.15, -0.1) is 0 Å². The number of nitrogens with one attached hydrogen (secondary N) is 1. The molecule has 2 aromatic heterocycles. The van der Waals surface area contributed by atoms with Gasteiger partial charge in [0, 0.05) is 11.5 Å². The van der Waals surface area contributed by atoms with E-state index in [2.05, 4.69) is 10.3 Å². The highest BCUT2D eigenvalue weighted by molar-refractivity contribution is 7.22. The number of aryl methyl sites for hydroxylation is 1. The average molecular weight is 401 g/mol. The summed E-state index contributed by atoms with van der Waals surface area (Å²) in [5.41, 5.74) is 1.22. The first-order chi connectivity index (χ1) is 12.9. The van der Waals surface area contributed by atoms with Crippen LogP contribution in [0.5, 0.6) is 5.75 Å². The summed E-state index contributed by atoms with van der Waals surface area (Å²) >= 11 is 7.31. The molecule has 4 aromatic rings. The van der Waals surface area contributed by atoms with Crippen molar-refractivity contribution in [3.63, 3.8) is 0 Å². The molecule has 4 rings (SSSR count). The number of fused-ring (bicyclic) bond motifs is 2. The molecule has 0 fully saturated rings. The lowest BCUT2D eigenvalue weighted by molar-refractivity contribution is -0.115. The molecule has 0 aliphatic heterocycles. The molecule has 0 unspecified atom stereocenters. The van der Waals surface area contributed by atoms with Crippen LogP contribution in [0.2, 0.25) is 5.02 Å². The molecule has 1 amide bonds. The van der Waals surface area contributed by atoms with Gasteiger partial charge in [-0.2, -0.15) is 0 Å². The third-order valence-electron chi connectivity index (χ3n) is 4.23. The second-order valence-electron chi connectivity index (χ2n) is 6.00. The van der Waals surface area contributed by atoms with Crippen molar-refractivity contribution >= 4 is 55.2 Å². The predicted octanol–water partition coefficient (Wildman–Crippen LogP) is 4.25. The molecule has 0 radical (unpaired) electrons. The van der Waals surface area contributed by atoms with Crippen molar-refractivity contribution in [2.24, 2.45) is 0 Å². The lowest BCUT2D eigenvalue weighted by atomic mass is 10.0. The fraction of sp³-hybridized carbons (Fsp3) is 0.105. The van der Waals surface area contributed by atoms with Crippen LogP contribution in [0.25, 0.3) is 21.2 Å². The third kappa shape index (κ3) is 3.27. The highest BCUT2D eigenvalue weighted by Gasteiger charge is 2.17. The summed E-state index contributed by atoms with van der Waals surface area (Å²) in [5, 5.41) is 13.6. The lowest BCUT2D eigenvalue weighted by Crippen LogP contribution is -2.20. The standard InChI is InChI=1S/C19H13ClN2O4S/c1-9-10-6-12(20)14(23)8-15(10)26-18(25)11(9)7-17(24)22-19-21-13-4-2-3-5-16(13)27-19/h2-6,8,23H,7H2,1H3,(H,21,22,24). The zero-order valence-electron chi connectivity index (χ0n) is 14.1. The number of halogens is 1. The van der Waals surface area contributed by atoms with Crippen molar-refractivity contribution in [1.82, 2.24) is 4.98 Å². The maximum atomic E-state index is 12.4. The molecule has 136 valence electrons.